The van der Waals surface area contributed by atoms with Crippen molar-refractivity contribution in [3.8, 4) is 0 Å². The van der Waals surface area contributed by atoms with Gasteiger partial charge in [-0.3, -0.25) is 0 Å². The minimum absolute atomic E-state index is 0.330. The second kappa shape index (κ2) is 5.40. The SMILES string of the molecule is C=C(CC)CNC1CCCC1CO. The van der Waals surface area contributed by atoms with Crippen LogP contribution in [-0.2, 0) is 0 Å². The quantitative estimate of drug-likeness (QED) is 0.636. The smallest absolute Gasteiger partial charge is 0.0474 e. The number of hydrogen-bond acceptors (Lipinski definition) is 2. The molecule has 0 aromatic rings. The van der Waals surface area contributed by atoms with Crippen molar-refractivity contribution >= 4 is 0 Å². The van der Waals surface area contributed by atoms with Crippen LogP contribution in [0.4, 0.5) is 0 Å². The average Bonchev–Trinajstić information content (AvgIpc) is 2.61. The molecule has 1 rings (SSSR count). The van der Waals surface area contributed by atoms with Gasteiger partial charge in [0.25, 0.3) is 0 Å². The first-order valence-corrected chi connectivity index (χ1v) is 5.28. The van der Waals surface area contributed by atoms with Gasteiger partial charge in [0.05, 0.1) is 0 Å². The lowest BCUT2D eigenvalue weighted by Gasteiger charge is -2.19. The number of aliphatic hydroxyl groups is 1. The van der Waals surface area contributed by atoms with Gasteiger partial charge in [0.1, 0.15) is 0 Å². The van der Waals surface area contributed by atoms with E-state index in [0.717, 1.165) is 13.0 Å². The van der Waals surface area contributed by atoms with E-state index in [0.29, 0.717) is 18.6 Å². The third-order valence-electron chi connectivity index (χ3n) is 3.01. The molecule has 1 fully saturated rings. The van der Waals surface area contributed by atoms with E-state index in [4.69, 9.17) is 5.11 Å². The van der Waals surface area contributed by atoms with Gasteiger partial charge in [-0.05, 0) is 25.2 Å². The van der Waals surface area contributed by atoms with Gasteiger partial charge < -0.3 is 10.4 Å². The molecule has 0 amide bonds. The fourth-order valence-electron chi connectivity index (χ4n) is 1.92. The third-order valence-corrected chi connectivity index (χ3v) is 3.01. The summed E-state index contributed by atoms with van der Waals surface area (Å²) in [6.45, 7) is 7.33. The Morgan fingerprint density at radius 1 is 1.54 bits per heavy atom. The van der Waals surface area contributed by atoms with Gasteiger partial charge in [0.15, 0.2) is 0 Å². The summed E-state index contributed by atoms with van der Waals surface area (Å²) in [6.07, 6.45) is 4.68. The highest BCUT2D eigenvalue weighted by Gasteiger charge is 2.25. The maximum absolute atomic E-state index is 9.10. The lowest BCUT2D eigenvalue weighted by Crippen LogP contribution is -2.35. The summed E-state index contributed by atoms with van der Waals surface area (Å²) in [5.74, 6) is 0.477. The second-order valence-electron chi connectivity index (χ2n) is 3.96. The van der Waals surface area contributed by atoms with Gasteiger partial charge in [-0.15, -0.1) is 0 Å². The molecule has 0 saturated heterocycles. The fraction of sp³-hybridized carbons (Fsp3) is 0.818. The van der Waals surface area contributed by atoms with Crippen LogP contribution in [0.5, 0.6) is 0 Å². The Morgan fingerprint density at radius 2 is 2.31 bits per heavy atom. The average molecular weight is 183 g/mol. The van der Waals surface area contributed by atoms with Crippen LogP contribution in [0.1, 0.15) is 32.6 Å². The standard InChI is InChI=1S/C11H21NO/c1-3-9(2)7-12-11-6-4-5-10(11)8-13/h10-13H,2-8H2,1H3. The van der Waals surface area contributed by atoms with Crippen molar-refractivity contribution in [1.29, 1.82) is 0 Å². The summed E-state index contributed by atoms with van der Waals surface area (Å²) in [6, 6.07) is 0.522. The molecule has 1 aliphatic carbocycles. The lowest BCUT2D eigenvalue weighted by molar-refractivity contribution is 0.207. The van der Waals surface area contributed by atoms with Gasteiger partial charge in [0.2, 0.25) is 0 Å². The van der Waals surface area contributed by atoms with Crippen molar-refractivity contribution in [3.05, 3.63) is 12.2 Å². The van der Waals surface area contributed by atoms with E-state index in [1.165, 1.54) is 24.8 Å². The van der Waals surface area contributed by atoms with E-state index < -0.39 is 0 Å². The van der Waals surface area contributed by atoms with Crippen LogP contribution >= 0.6 is 0 Å². The highest BCUT2D eigenvalue weighted by Crippen LogP contribution is 2.24. The molecule has 2 nitrogen and oxygen atoms in total. The van der Waals surface area contributed by atoms with E-state index in [1.54, 1.807) is 0 Å². The molecule has 0 bridgehead atoms. The van der Waals surface area contributed by atoms with Gasteiger partial charge in [-0.2, -0.15) is 0 Å². The number of aliphatic hydroxyl groups excluding tert-OH is 1. The summed E-state index contributed by atoms with van der Waals surface area (Å²) in [7, 11) is 0. The zero-order valence-electron chi connectivity index (χ0n) is 8.55. The van der Waals surface area contributed by atoms with Gasteiger partial charge in [-0.25, -0.2) is 0 Å². The molecule has 0 aromatic heterocycles. The predicted molar refractivity (Wildman–Crippen MR) is 55.6 cm³/mol. The van der Waals surface area contributed by atoms with Crippen LogP contribution in [0.25, 0.3) is 0 Å². The maximum atomic E-state index is 9.10. The first kappa shape index (κ1) is 10.7. The van der Waals surface area contributed by atoms with Crippen LogP contribution in [0.3, 0.4) is 0 Å². The van der Waals surface area contributed by atoms with Crippen LogP contribution in [0.2, 0.25) is 0 Å². The first-order valence-electron chi connectivity index (χ1n) is 5.28. The van der Waals surface area contributed by atoms with Crippen molar-refractivity contribution in [2.75, 3.05) is 13.2 Å². The fourth-order valence-corrected chi connectivity index (χ4v) is 1.92. The highest BCUT2D eigenvalue weighted by atomic mass is 16.3. The molecule has 0 radical (unpaired) electrons. The zero-order chi connectivity index (χ0) is 9.68. The molecule has 0 aromatic carbocycles. The van der Waals surface area contributed by atoms with E-state index in [9.17, 15) is 0 Å². The minimum Gasteiger partial charge on any atom is -0.396 e. The molecule has 0 heterocycles. The van der Waals surface area contributed by atoms with E-state index in [2.05, 4.69) is 18.8 Å². The maximum Gasteiger partial charge on any atom is 0.0474 e. The Labute approximate surface area is 81.0 Å². The van der Waals surface area contributed by atoms with Crippen molar-refractivity contribution < 1.29 is 5.11 Å². The molecule has 2 unspecified atom stereocenters. The Bertz CT molecular complexity index is 167. The topological polar surface area (TPSA) is 32.3 Å². The molecular formula is C11H21NO. The van der Waals surface area contributed by atoms with Gasteiger partial charge in [-0.1, -0.05) is 25.5 Å². The van der Waals surface area contributed by atoms with Crippen LogP contribution in [0, 0.1) is 5.92 Å². The van der Waals surface area contributed by atoms with Crippen molar-refractivity contribution in [2.45, 2.75) is 38.6 Å². The third kappa shape index (κ3) is 3.12. The van der Waals surface area contributed by atoms with Crippen molar-refractivity contribution in [2.24, 2.45) is 5.92 Å². The molecule has 76 valence electrons. The Balaban J connectivity index is 2.23. The van der Waals surface area contributed by atoms with E-state index >= 15 is 0 Å². The van der Waals surface area contributed by atoms with Crippen molar-refractivity contribution in [1.82, 2.24) is 5.32 Å². The molecule has 2 N–H and O–H groups in total. The summed E-state index contributed by atoms with van der Waals surface area (Å²) >= 11 is 0. The molecule has 0 aliphatic heterocycles. The summed E-state index contributed by atoms with van der Waals surface area (Å²) in [5.41, 5.74) is 1.25. The normalized spacial score (nSPS) is 27.8. The number of hydrogen-bond donors (Lipinski definition) is 2. The monoisotopic (exact) mass is 183 g/mol. The number of nitrogens with one attached hydrogen (secondary N) is 1. The minimum atomic E-state index is 0.330. The van der Waals surface area contributed by atoms with Crippen LogP contribution in [0.15, 0.2) is 12.2 Å². The molecule has 0 spiro atoms. The Hall–Kier alpha value is -0.340. The van der Waals surface area contributed by atoms with E-state index in [1.807, 2.05) is 0 Å². The molecular weight excluding hydrogens is 162 g/mol. The van der Waals surface area contributed by atoms with Crippen LogP contribution < -0.4 is 5.32 Å². The Kier molecular flexibility index (Phi) is 4.46. The Morgan fingerprint density at radius 3 is 2.92 bits per heavy atom. The van der Waals surface area contributed by atoms with Crippen molar-refractivity contribution in [3.63, 3.8) is 0 Å². The molecule has 1 saturated carbocycles. The summed E-state index contributed by atoms with van der Waals surface area (Å²) < 4.78 is 0. The first-order chi connectivity index (χ1) is 6.27. The van der Waals surface area contributed by atoms with Gasteiger partial charge >= 0.3 is 0 Å². The largest absolute Gasteiger partial charge is 0.396 e. The second-order valence-corrected chi connectivity index (χ2v) is 3.96. The molecule has 1 aliphatic rings. The molecule has 2 atom stereocenters. The molecule has 13 heavy (non-hydrogen) atoms. The van der Waals surface area contributed by atoms with E-state index in [-0.39, 0.29) is 0 Å². The summed E-state index contributed by atoms with van der Waals surface area (Å²) in [4.78, 5) is 0. The lowest BCUT2D eigenvalue weighted by atomic mass is 10.0. The molecule has 2 heteroatoms. The number of rotatable bonds is 5. The van der Waals surface area contributed by atoms with Crippen LogP contribution in [-0.4, -0.2) is 24.3 Å². The highest BCUT2D eigenvalue weighted by molar-refractivity contribution is 4.97. The predicted octanol–water partition coefficient (Wildman–Crippen LogP) is 1.70. The summed E-state index contributed by atoms with van der Waals surface area (Å²) in [5, 5.41) is 12.6. The van der Waals surface area contributed by atoms with Gasteiger partial charge in [0, 0.05) is 19.2 Å². The zero-order valence-corrected chi connectivity index (χ0v) is 8.55.